The third-order valence-corrected chi connectivity index (χ3v) is 2.33. The standard InChI is InChI=1S/C9H15N3S/c1-4-12-7(3)8(5-9(10)13)6(2)11-12/h4-5H2,1-3H3,(H2,10,13). The number of nitrogens with two attached hydrogens (primary N) is 1. The van der Waals surface area contributed by atoms with Gasteiger partial charge < -0.3 is 5.73 Å². The molecule has 0 aromatic carbocycles. The van der Waals surface area contributed by atoms with Gasteiger partial charge in [-0.3, -0.25) is 4.68 Å². The molecule has 13 heavy (non-hydrogen) atoms. The van der Waals surface area contributed by atoms with Crippen molar-refractivity contribution in [3.05, 3.63) is 17.0 Å². The normalized spacial score (nSPS) is 10.4. The largest absolute Gasteiger partial charge is 0.393 e. The van der Waals surface area contributed by atoms with E-state index in [0.29, 0.717) is 11.4 Å². The van der Waals surface area contributed by atoms with Gasteiger partial charge in [-0.1, -0.05) is 12.2 Å². The van der Waals surface area contributed by atoms with E-state index in [9.17, 15) is 0 Å². The van der Waals surface area contributed by atoms with Crippen molar-refractivity contribution >= 4 is 17.2 Å². The predicted molar refractivity (Wildman–Crippen MR) is 57.9 cm³/mol. The molecule has 0 radical (unpaired) electrons. The minimum atomic E-state index is 0.529. The number of thiocarbonyl (C=S) groups is 1. The van der Waals surface area contributed by atoms with Gasteiger partial charge in [-0.2, -0.15) is 5.10 Å². The molecule has 0 amide bonds. The van der Waals surface area contributed by atoms with E-state index in [1.165, 1.54) is 11.3 Å². The monoisotopic (exact) mass is 197 g/mol. The summed E-state index contributed by atoms with van der Waals surface area (Å²) in [4.78, 5) is 0.529. The molecule has 1 aromatic heterocycles. The van der Waals surface area contributed by atoms with Gasteiger partial charge in [0.25, 0.3) is 0 Å². The first kappa shape index (κ1) is 10.2. The summed E-state index contributed by atoms with van der Waals surface area (Å²) in [5.41, 5.74) is 8.89. The maximum Gasteiger partial charge on any atom is 0.0773 e. The lowest BCUT2D eigenvalue weighted by atomic mass is 10.1. The van der Waals surface area contributed by atoms with E-state index >= 15 is 0 Å². The van der Waals surface area contributed by atoms with Crippen molar-refractivity contribution in [2.24, 2.45) is 5.73 Å². The van der Waals surface area contributed by atoms with Gasteiger partial charge in [-0.25, -0.2) is 0 Å². The topological polar surface area (TPSA) is 43.8 Å². The lowest BCUT2D eigenvalue weighted by Gasteiger charge is -2.01. The van der Waals surface area contributed by atoms with Crippen LogP contribution in [0.4, 0.5) is 0 Å². The van der Waals surface area contributed by atoms with Crippen molar-refractivity contribution in [3.63, 3.8) is 0 Å². The molecule has 1 heterocycles. The van der Waals surface area contributed by atoms with Crippen LogP contribution in [0, 0.1) is 13.8 Å². The highest BCUT2D eigenvalue weighted by atomic mass is 32.1. The molecule has 0 atom stereocenters. The number of rotatable bonds is 3. The minimum Gasteiger partial charge on any atom is -0.393 e. The van der Waals surface area contributed by atoms with Gasteiger partial charge >= 0.3 is 0 Å². The van der Waals surface area contributed by atoms with Gasteiger partial charge in [0.15, 0.2) is 0 Å². The van der Waals surface area contributed by atoms with E-state index < -0.39 is 0 Å². The Balaban J connectivity index is 3.05. The lowest BCUT2D eigenvalue weighted by Crippen LogP contribution is -2.12. The van der Waals surface area contributed by atoms with Gasteiger partial charge in [-0.15, -0.1) is 0 Å². The van der Waals surface area contributed by atoms with Crippen LogP contribution in [0.1, 0.15) is 23.9 Å². The average Bonchev–Trinajstić information content (AvgIpc) is 2.31. The molecule has 0 saturated carbocycles. The second-order valence-electron chi connectivity index (χ2n) is 3.11. The second kappa shape index (κ2) is 3.87. The highest BCUT2D eigenvalue weighted by Gasteiger charge is 2.10. The zero-order valence-electron chi connectivity index (χ0n) is 8.29. The van der Waals surface area contributed by atoms with Crippen molar-refractivity contribution in [2.45, 2.75) is 33.7 Å². The fourth-order valence-electron chi connectivity index (χ4n) is 1.47. The molecule has 0 saturated heterocycles. The molecule has 0 aliphatic heterocycles. The molecular weight excluding hydrogens is 182 g/mol. The predicted octanol–water partition coefficient (Wildman–Crippen LogP) is 1.35. The van der Waals surface area contributed by atoms with Gasteiger partial charge in [0, 0.05) is 24.2 Å². The van der Waals surface area contributed by atoms with Crippen molar-refractivity contribution in [1.82, 2.24) is 9.78 Å². The number of hydrogen-bond donors (Lipinski definition) is 1. The van der Waals surface area contributed by atoms with Crippen molar-refractivity contribution in [2.75, 3.05) is 0 Å². The molecule has 0 spiro atoms. The van der Waals surface area contributed by atoms with Crippen LogP contribution in [0.25, 0.3) is 0 Å². The smallest absolute Gasteiger partial charge is 0.0773 e. The fourth-order valence-corrected chi connectivity index (χ4v) is 1.62. The van der Waals surface area contributed by atoms with Crippen LogP contribution in [-0.4, -0.2) is 14.8 Å². The van der Waals surface area contributed by atoms with Gasteiger partial charge in [0.05, 0.1) is 10.7 Å². The van der Waals surface area contributed by atoms with Crippen LogP contribution in [0.3, 0.4) is 0 Å². The average molecular weight is 197 g/mol. The molecule has 0 aliphatic carbocycles. The molecule has 0 unspecified atom stereocenters. The Morgan fingerprint density at radius 1 is 1.54 bits per heavy atom. The fraction of sp³-hybridized carbons (Fsp3) is 0.556. The third kappa shape index (κ3) is 2.06. The Bertz CT molecular complexity index is 328. The summed E-state index contributed by atoms with van der Waals surface area (Å²) in [5, 5.41) is 4.38. The van der Waals surface area contributed by atoms with Crippen molar-refractivity contribution < 1.29 is 0 Å². The number of hydrogen-bond acceptors (Lipinski definition) is 2. The summed E-state index contributed by atoms with van der Waals surface area (Å²) in [5.74, 6) is 0. The zero-order valence-corrected chi connectivity index (χ0v) is 9.11. The van der Waals surface area contributed by atoms with E-state index in [4.69, 9.17) is 18.0 Å². The molecule has 72 valence electrons. The van der Waals surface area contributed by atoms with E-state index in [0.717, 1.165) is 12.2 Å². The number of aryl methyl sites for hydroxylation is 2. The summed E-state index contributed by atoms with van der Waals surface area (Å²) in [7, 11) is 0. The molecule has 0 bridgehead atoms. The van der Waals surface area contributed by atoms with Crippen LogP contribution in [0.2, 0.25) is 0 Å². The van der Waals surface area contributed by atoms with Crippen LogP contribution < -0.4 is 5.73 Å². The van der Waals surface area contributed by atoms with Crippen molar-refractivity contribution in [1.29, 1.82) is 0 Å². The first-order chi connectivity index (χ1) is 6.06. The van der Waals surface area contributed by atoms with Gasteiger partial charge in [-0.05, 0) is 20.8 Å². The number of nitrogens with zero attached hydrogens (tertiary/aromatic N) is 2. The first-order valence-corrected chi connectivity index (χ1v) is 4.78. The summed E-state index contributed by atoms with van der Waals surface area (Å²) >= 11 is 4.88. The zero-order chi connectivity index (χ0) is 10.0. The Hall–Kier alpha value is -0.900. The molecule has 0 aliphatic rings. The first-order valence-electron chi connectivity index (χ1n) is 4.37. The Kier molecular flexibility index (Phi) is 3.03. The van der Waals surface area contributed by atoms with Crippen LogP contribution >= 0.6 is 12.2 Å². The highest BCUT2D eigenvalue weighted by Crippen LogP contribution is 2.13. The van der Waals surface area contributed by atoms with Gasteiger partial charge in [0.1, 0.15) is 0 Å². The van der Waals surface area contributed by atoms with Crippen LogP contribution in [-0.2, 0) is 13.0 Å². The van der Waals surface area contributed by atoms with Crippen LogP contribution in [0.15, 0.2) is 0 Å². The van der Waals surface area contributed by atoms with Crippen molar-refractivity contribution in [3.8, 4) is 0 Å². The minimum absolute atomic E-state index is 0.529. The highest BCUT2D eigenvalue weighted by molar-refractivity contribution is 7.80. The summed E-state index contributed by atoms with van der Waals surface area (Å²) in [6.07, 6.45) is 0.660. The summed E-state index contributed by atoms with van der Waals surface area (Å²) in [6, 6.07) is 0. The molecule has 1 rings (SSSR count). The molecule has 2 N–H and O–H groups in total. The van der Waals surface area contributed by atoms with Crippen LogP contribution in [0.5, 0.6) is 0 Å². The third-order valence-electron chi connectivity index (χ3n) is 2.18. The number of aromatic nitrogens is 2. The molecule has 4 heteroatoms. The van der Waals surface area contributed by atoms with Gasteiger partial charge in [0.2, 0.25) is 0 Å². The molecule has 0 fully saturated rings. The maximum atomic E-state index is 5.51. The molecule has 1 aromatic rings. The Morgan fingerprint density at radius 2 is 2.15 bits per heavy atom. The quantitative estimate of drug-likeness (QED) is 0.744. The maximum absolute atomic E-state index is 5.51. The molecular formula is C9H15N3S. The van der Waals surface area contributed by atoms with E-state index in [2.05, 4.69) is 18.9 Å². The lowest BCUT2D eigenvalue weighted by molar-refractivity contribution is 0.634. The van der Waals surface area contributed by atoms with E-state index in [1.54, 1.807) is 0 Å². The SMILES string of the molecule is CCn1nc(C)c(CC(N)=S)c1C. The Morgan fingerprint density at radius 3 is 2.54 bits per heavy atom. The van der Waals surface area contributed by atoms with E-state index in [-0.39, 0.29) is 0 Å². The Labute approximate surface area is 83.9 Å². The summed E-state index contributed by atoms with van der Waals surface area (Å²) in [6.45, 7) is 7.01. The molecule has 3 nitrogen and oxygen atoms in total. The summed E-state index contributed by atoms with van der Waals surface area (Å²) < 4.78 is 1.98. The van der Waals surface area contributed by atoms with E-state index in [1.807, 2.05) is 11.6 Å². The second-order valence-corrected chi connectivity index (χ2v) is 3.63.